The van der Waals surface area contributed by atoms with E-state index in [-0.39, 0.29) is 18.0 Å². The van der Waals surface area contributed by atoms with Gasteiger partial charge in [0, 0.05) is 37.7 Å². The molecular formula is C14H19N3O3S. The highest BCUT2D eigenvalue weighted by molar-refractivity contribution is 7.14. The van der Waals surface area contributed by atoms with Crippen molar-refractivity contribution in [2.45, 2.75) is 18.9 Å². The monoisotopic (exact) mass is 309 g/mol. The fraction of sp³-hybridized carbons (Fsp3) is 0.571. The van der Waals surface area contributed by atoms with Crippen molar-refractivity contribution in [3.63, 3.8) is 0 Å². The molecule has 0 aliphatic carbocycles. The minimum absolute atomic E-state index is 0.0546. The van der Waals surface area contributed by atoms with Crippen LogP contribution in [0.4, 0.5) is 4.79 Å². The van der Waals surface area contributed by atoms with Crippen LogP contribution in [0.3, 0.4) is 0 Å². The average molecular weight is 309 g/mol. The number of hydrogen-bond donors (Lipinski definition) is 2. The van der Waals surface area contributed by atoms with E-state index in [1.165, 1.54) is 11.3 Å². The second-order valence-electron chi connectivity index (χ2n) is 5.18. The first-order valence-electron chi connectivity index (χ1n) is 7.26. The Hall–Kier alpha value is -1.60. The van der Waals surface area contributed by atoms with E-state index in [1.807, 2.05) is 12.1 Å². The molecule has 7 heteroatoms. The molecule has 0 spiro atoms. The number of urea groups is 1. The topological polar surface area (TPSA) is 70.7 Å². The van der Waals surface area contributed by atoms with E-state index in [4.69, 9.17) is 4.74 Å². The molecule has 0 aromatic carbocycles. The molecule has 1 aromatic heterocycles. The van der Waals surface area contributed by atoms with Crippen LogP contribution < -0.4 is 10.6 Å². The van der Waals surface area contributed by atoms with Crippen LogP contribution in [-0.4, -0.2) is 49.6 Å². The summed E-state index contributed by atoms with van der Waals surface area (Å²) in [4.78, 5) is 27.0. The zero-order valence-corrected chi connectivity index (χ0v) is 12.6. The third kappa shape index (κ3) is 3.36. The summed E-state index contributed by atoms with van der Waals surface area (Å²) in [5, 5.41) is 5.60. The van der Waals surface area contributed by atoms with Gasteiger partial charge in [0.1, 0.15) is 0 Å². The fourth-order valence-electron chi connectivity index (χ4n) is 2.57. The second-order valence-corrected chi connectivity index (χ2v) is 6.29. The molecule has 21 heavy (non-hydrogen) atoms. The smallest absolute Gasteiger partial charge is 0.317 e. The number of nitrogens with zero attached hydrogens (tertiary/aromatic N) is 1. The maximum Gasteiger partial charge on any atom is 0.317 e. The fourth-order valence-corrected chi connectivity index (χ4v) is 3.57. The molecule has 3 heterocycles. The Balaban J connectivity index is 1.47. The largest absolute Gasteiger partial charge is 0.373 e. The molecule has 3 rings (SSSR count). The predicted molar refractivity (Wildman–Crippen MR) is 79.6 cm³/mol. The van der Waals surface area contributed by atoms with Gasteiger partial charge in [0.05, 0.1) is 11.0 Å². The molecule has 2 aliphatic rings. The van der Waals surface area contributed by atoms with Crippen LogP contribution in [0.5, 0.6) is 0 Å². The number of carbonyl (C=O) groups excluding carboxylic acids is 2. The summed E-state index contributed by atoms with van der Waals surface area (Å²) in [6.45, 7) is 3.21. The molecule has 2 N–H and O–H groups in total. The highest BCUT2D eigenvalue weighted by Gasteiger charge is 2.21. The first kappa shape index (κ1) is 14.3. The first-order valence-corrected chi connectivity index (χ1v) is 8.08. The van der Waals surface area contributed by atoms with E-state index in [1.54, 1.807) is 4.90 Å². The Bertz CT molecular complexity index is 525. The van der Waals surface area contributed by atoms with E-state index >= 15 is 0 Å². The van der Waals surface area contributed by atoms with Crippen molar-refractivity contribution in [3.8, 4) is 0 Å². The maximum atomic E-state index is 12.1. The van der Waals surface area contributed by atoms with Crippen LogP contribution >= 0.6 is 11.3 Å². The molecule has 0 radical (unpaired) electrons. The number of amides is 3. The number of nitrogens with one attached hydrogen (secondary N) is 2. The van der Waals surface area contributed by atoms with E-state index in [2.05, 4.69) is 10.6 Å². The number of thiophene rings is 1. The summed E-state index contributed by atoms with van der Waals surface area (Å²) >= 11 is 1.49. The number of hydrogen-bond acceptors (Lipinski definition) is 4. The highest BCUT2D eigenvalue weighted by atomic mass is 32.1. The second kappa shape index (κ2) is 6.44. The number of ether oxygens (including phenoxy) is 1. The minimum Gasteiger partial charge on any atom is -0.373 e. The lowest BCUT2D eigenvalue weighted by atomic mass is 10.2. The first-order chi connectivity index (χ1) is 10.2. The van der Waals surface area contributed by atoms with Gasteiger partial charge in [-0.05, 0) is 25.0 Å². The lowest BCUT2D eigenvalue weighted by Crippen LogP contribution is -2.36. The zero-order valence-electron chi connectivity index (χ0n) is 11.8. The third-order valence-corrected chi connectivity index (χ3v) is 4.89. The Morgan fingerprint density at radius 1 is 1.52 bits per heavy atom. The molecule has 0 saturated carbocycles. The van der Waals surface area contributed by atoms with Crippen molar-refractivity contribution in [3.05, 3.63) is 21.9 Å². The van der Waals surface area contributed by atoms with Crippen molar-refractivity contribution < 1.29 is 14.3 Å². The van der Waals surface area contributed by atoms with Crippen LogP contribution in [0, 0.1) is 0 Å². The van der Waals surface area contributed by atoms with Crippen molar-refractivity contribution >= 4 is 23.3 Å². The van der Waals surface area contributed by atoms with Crippen molar-refractivity contribution in [1.29, 1.82) is 0 Å². The van der Waals surface area contributed by atoms with Crippen LogP contribution in [0.1, 0.15) is 33.5 Å². The molecule has 2 fully saturated rings. The standard InChI is InChI=1S/C14H19N3O3S/c18-13(15-5-7-17-8-6-16-14(17)19)12-4-3-11(21-12)10-2-1-9-20-10/h3-4,10H,1-2,5-9H2,(H,15,18)(H,16,19). The van der Waals surface area contributed by atoms with Gasteiger partial charge < -0.3 is 20.3 Å². The Kier molecular flexibility index (Phi) is 4.40. The predicted octanol–water partition coefficient (Wildman–Crippen LogP) is 1.35. The Morgan fingerprint density at radius 3 is 3.14 bits per heavy atom. The van der Waals surface area contributed by atoms with E-state index in [0.29, 0.717) is 31.1 Å². The SMILES string of the molecule is O=C(NCCN1CCNC1=O)c1ccc(C2CCCO2)s1. The molecular weight excluding hydrogens is 290 g/mol. The highest BCUT2D eigenvalue weighted by Crippen LogP contribution is 2.33. The molecule has 3 amide bonds. The van der Waals surface area contributed by atoms with Gasteiger partial charge in [-0.25, -0.2) is 4.79 Å². The summed E-state index contributed by atoms with van der Waals surface area (Å²) in [5.74, 6) is -0.0798. The summed E-state index contributed by atoms with van der Waals surface area (Å²) in [7, 11) is 0. The molecule has 2 saturated heterocycles. The van der Waals surface area contributed by atoms with Gasteiger partial charge in [-0.1, -0.05) is 0 Å². The van der Waals surface area contributed by atoms with Gasteiger partial charge in [-0.15, -0.1) is 11.3 Å². The Morgan fingerprint density at radius 2 is 2.43 bits per heavy atom. The van der Waals surface area contributed by atoms with E-state index in [0.717, 1.165) is 24.3 Å². The maximum absolute atomic E-state index is 12.1. The third-order valence-electron chi connectivity index (χ3n) is 3.71. The molecule has 1 aromatic rings. The molecule has 1 unspecified atom stereocenters. The zero-order chi connectivity index (χ0) is 14.7. The minimum atomic E-state index is -0.0798. The lowest BCUT2D eigenvalue weighted by molar-refractivity contribution is 0.0954. The summed E-state index contributed by atoms with van der Waals surface area (Å²) in [6, 6.07) is 3.77. The Labute approximate surface area is 127 Å². The van der Waals surface area contributed by atoms with Gasteiger partial charge in [0.15, 0.2) is 0 Å². The van der Waals surface area contributed by atoms with Crippen molar-refractivity contribution in [2.75, 3.05) is 32.8 Å². The molecule has 2 aliphatic heterocycles. The van der Waals surface area contributed by atoms with Gasteiger partial charge in [0.2, 0.25) is 0 Å². The molecule has 0 bridgehead atoms. The number of carbonyl (C=O) groups is 2. The van der Waals surface area contributed by atoms with Crippen LogP contribution in [0.2, 0.25) is 0 Å². The average Bonchev–Trinajstić information content (AvgIpc) is 3.19. The normalized spacial score (nSPS) is 21.6. The van der Waals surface area contributed by atoms with Crippen LogP contribution in [0.15, 0.2) is 12.1 Å². The van der Waals surface area contributed by atoms with E-state index < -0.39 is 0 Å². The van der Waals surface area contributed by atoms with Gasteiger partial charge in [-0.2, -0.15) is 0 Å². The van der Waals surface area contributed by atoms with Crippen molar-refractivity contribution in [1.82, 2.24) is 15.5 Å². The van der Waals surface area contributed by atoms with Gasteiger partial charge >= 0.3 is 6.03 Å². The van der Waals surface area contributed by atoms with Gasteiger partial charge in [0.25, 0.3) is 5.91 Å². The van der Waals surface area contributed by atoms with Crippen LogP contribution in [-0.2, 0) is 4.74 Å². The summed E-state index contributed by atoms with van der Waals surface area (Å²) in [5.41, 5.74) is 0. The number of rotatable bonds is 5. The van der Waals surface area contributed by atoms with Crippen LogP contribution in [0.25, 0.3) is 0 Å². The quantitative estimate of drug-likeness (QED) is 0.862. The molecule has 6 nitrogen and oxygen atoms in total. The van der Waals surface area contributed by atoms with E-state index in [9.17, 15) is 9.59 Å². The summed E-state index contributed by atoms with van der Waals surface area (Å²) < 4.78 is 5.62. The van der Waals surface area contributed by atoms with Crippen molar-refractivity contribution in [2.24, 2.45) is 0 Å². The summed E-state index contributed by atoms with van der Waals surface area (Å²) in [6.07, 6.45) is 2.28. The van der Waals surface area contributed by atoms with Gasteiger partial charge in [-0.3, -0.25) is 4.79 Å². The molecule has 114 valence electrons. The molecule has 1 atom stereocenters. The lowest BCUT2D eigenvalue weighted by Gasteiger charge is -2.13.